The number of aromatic nitrogens is 1. The van der Waals surface area contributed by atoms with Gasteiger partial charge in [-0.1, -0.05) is 30.3 Å². The molecule has 7 heteroatoms. The highest BCUT2D eigenvalue weighted by Crippen LogP contribution is 2.46. The lowest BCUT2D eigenvalue weighted by Gasteiger charge is -2.25. The van der Waals surface area contributed by atoms with Gasteiger partial charge in [-0.2, -0.15) is 0 Å². The number of aromatic amines is 1. The minimum absolute atomic E-state index is 0.0307. The van der Waals surface area contributed by atoms with E-state index in [4.69, 9.17) is 4.74 Å². The Kier molecular flexibility index (Phi) is 4.45. The number of ether oxygens (including phenoxy) is 1. The zero-order chi connectivity index (χ0) is 23.4. The molecular weight excluding hydrogens is 432 g/mol. The molecule has 3 heterocycles. The van der Waals surface area contributed by atoms with Crippen LogP contribution in [-0.4, -0.2) is 33.5 Å². The Labute approximate surface area is 194 Å². The van der Waals surface area contributed by atoms with Gasteiger partial charge in [0, 0.05) is 34.6 Å². The molecule has 34 heavy (non-hydrogen) atoms. The molecule has 1 aromatic heterocycles. The van der Waals surface area contributed by atoms with Gasteiger partial charge in [-0.3, -0.25) is 14.5 Å². The van der Waals surface area contributed by atoms with Crippen LogP contribution in [0.3, 0.4) is 0 Å². The third kappa shape index (κ3) is 2.90. The fraction of sp³-hybridized carbons (Fsp3) is 0.111. The molecule has 0 spiro atoms. The maximum atomic E-state index is 13.4. The lowest BCUT2D eigenvalue weighted by molar-refractivity contribution is -0.132. The molecular formula is C27H20N2O5. The van der Waals surface area contributed by atoms with Gasteiger partial charge in [0.25, 0.3) is 11.7 Å². The van der Waals surface area contributed by atoms with Crippen molar-refractivity contribution >= 4 is 34.0 Å². The molecule has 6 rings (SSSR count). The third-order valence-electron chi connectivity index (χ3n) is 6.46. The molecule has 0 bridgehead atoms. The normalized spacial score (nSPS) is 18.9. The molecule has 3 aromatic carbocycles. The van der Waals surface area contributed by atoms with Crippen LogP contribution in [0.25, 0.3) is 16.7 Å². The monoisotopic (exact) mass is 452 g/mol. The number of fused-ring (bicyclic) bond motifs is 2. The first-order chi connectivity index (χ1) is 16.5. The van der Waals surface area contributed by atoms with Crippen LogP contribution in [-0.2, 0) is 16.0 Å². The van der Waals surface area contributed by atoms with Crippen molar-refractivity contribution in [2.24, 2.45) is 0 Å². The van der Waals surface area contributed by atoms with Gasteiger partial charge in [0.15, 0.2) is 0 Å². The number of carbonyl (C=O) groups excluding carboxylic acids is 2. The number of phenolic OH excluding ortho intramolecular Hbond substituents is 1. The highest BCUT2D eigenvalue weighted by Gasteiger charge is 2.48. The average Bonchev–Trinajstić information content (AvgIpc) is 3.55. The van der Waals surface area contributed by atoms with Crippen molar-refractivity contribution in [3.8, 4) is 11.5 Å². The van der Waals surface area contributed by atoms with Gasteiger partial charge in [-0.15, -0.1) is 0 Å². The maximum Gasteiger partial charge on any atom is 0.300 e. The first-order valence-corrected chi connectivity index (χ1v) is 11.0. The molecule has 4 aromatic rings. The lowest BCUT2D eigenvalue weighted by atomic mass is 9.94. The van der Waals surface area contributed by atoms with Gasteiger partial charge in [0.1, 0.15) is 17.3 Å². The summed E-state index contributed by atoms with van der Waals surface area (Å²) < 4.78 is 5.55. The highest BCUT2D eigenvalue weighted by atomic mass is 16.5. The second-order valence-electron chi connectivity index (χ2n) is 8.37. The van der Waals surface area contributed by atoms with Gasteiger partial charge < -0.3 is 19.9 Å². The van der Waals surface area contributed by atoms with Crippen molar-refractivity contribution < 1.29 is 24.5 Å². The number of Topliss-reactive ketones (excluding diaryl/α,β-unsaturated/α-hetero) is 1. The smallest absolute Gasteiger partial charge is 0.300 e. The third-order valence-corrected chi connectivity index (χ3v) is 6.46. The van der Waals surface area contributed by atoms with Gasteiger partial charge in [-0.05, 0) is 42.0 Å². The molecule has 1 fully saturated rings. The lowest BCUT2D eigenvalue weighted by Crippen LogP contribution is -2.29. The highest BCUT2D eigenvalue weighted by molar-refractivity contribution is 6.52. The van der Waals surface area contributed by atoms with E-state index in [0.29, 0.717) is 24.2 Å². The number of nitrogens with one attached hydrogen (secondary N) is 1. The Morgan fingerprint density at radius 2 is 1.82 bits per heavy atom. The summed E-state index contributed by atoms with van der Waals surface area (Å²) in [6.45, 7) is 0.562. The van der Waals surface area contributed by atoms with E-state index in [9.17, 15) is 19.8 Å². The number of hydrogen-bond donors (Lipinski definition) is 3. The van der Waals surface area contributed by atoms with E-state index in [-0.39, 0.29) is 22.8 Å². The van der Waals surface area contributed by atoms with Gasteiger partial charge >= 0.3 is 0 Å². The van der Waals surface area contributed by atoms with Gasteiger partial charge in [0.05, 0.1) is 23.9 Å². The fourth-order valence-electron chi connectivity index (χ4n) is 4.85. The molecule has 168 valence electrons. The van der Waals surface area contributed by atoms with Gasteiger partial charge in [0.2, 0.25) is 0 Å². The number of benzene rings is 3. The van der Waals surface area contributed by atoms with Crippen LogP contribution in [0.5, 0.6) is 11.5 Å². The average molecular weight is 452 g/mol. The molecule has 0 saturated carbocycles. The molecule has 1 saturated heterocycles. The molecule has 3 N–H and O–H groups in total. The first-order valence-electron chi connectivity index (χ1n) is 11.0. The summed E-state index contributed by atoms with van der Waals surface area (Å²) in [7, 11) is 0. The van der Waals surface area contributed by atoms with Crippen molar-refractivity contribution in [2.45, 2.75) is 12.5 Å². The molecule has 0 aliphatic carbocycles. The zero-order valence-corrected chi connectivity index (χ0v) is 18.0. The molecule has 1 amide bonds. The predicted molar refractivity (Wildman–Crippen MR) is 127 cm³/mol. The van der Waals surface area contributed by atoms with Crippen LogP contribution in [0, 0.1) is 0 Å². The number of amides is 1. The zero-order valence-electron chi connectivity index (χ0n) is 18.0. The number of phenols is 1. The summed E-state index contributed by atoms with van der Waals surface area (Å²) in [6, 6.07) is 18.2. The molecule has 1 unspecified atom stereocenters. The van der Waals surface area contributed by atoms with Crippen LogP contribution in [0.4, 0.5) is 5.69 Å². The number of ketones is 1. The van der Waals surface area contributed by atoms with Crippen molar-refractivity contribution in [2.75, 3.05) is 11.5 Å². The van der Waals surface area contributed by atoms with Crippen molar-refractivity contribution in [1.29, 1.82) is 0 Å². The topological polar surface area (TPSA) is 103 Å². The number of anilines is 1. The minimum Gasteiger partial charge on any atom is -0.507 e. The molecule has 2 aliphatic heterocycles. The van der Waals surface area contributed by atoms with E-state index in [0.717, 1.165) is 22.2 Å². The first kappa shape index (κ1) is 20.1. The quantitative estimate of drug-likeness (QED) is 0.242. The molecule has 7 nitrogen and oxygen atoms in total. The Balaban J connectivity index is 1.61. The Hall–Kier alpha value is -4.52. The predicted octanol–water partition coefficient (Wildman–Crippen LogP) is 4.43. The minimum atomic E-state index is -0.936. The summed E-state index contributed by atoms with van der Waals surface area (Å²) in [5, 5.41) is 22.7. The summed E-state index contributed by atoms with van der Waals surface area (Å²) >= 11 is 0. The number of nitrogens with zero attached hydrogens (tertiary/aromatic N) is 1. The number of para-hydroxylation sites is 3. The van der Waals surface area contributed by atoms with Crippen LogP contribution < -0.4 is 9.64 Å². The summed E-state index contributed by atoms with van der Waals surface area (Å²) in [6.07, 6.45) is 2.44. The van der Waals surface area contributed by atoms with E-state index in [1.807, 2.05) is 24.3 Å². The SMILES string of the molecule is O=C1C(=O)N(c2ccccc2O)C(c2c[nH]c3ccccc23)/C1=C(\O)c1ccc2c(c1)CCO2. The van der Waals surface area contributed by atoms with Gasteiger partial charge in [-0.25, -0.2) is 0 Å². The van der Waals surface area contributed by atoms with Crippen LogP contribution in [0.1, 0.15) is 22.7 Å². The molecule has 1 atom stereocenters. The van der Waals surface area contributed by atoms with E-state index >= 15 is 0 Å². The second kappa shape index (κ2) is 7.52. The summed E-state index contributed by atoms with van der Waals surface area (Å²) in [5.41, 5.74) is 3.00. The van der Waals surface area contributed by atoms with Crippen molar-refractivity contribution in [3.05, 3.63) is 95.2 Å². The summed E-state index contributed by atoms with van der Waals surface area (Å²) in [5.74, 6) is -1.28. The number of aromatic hydroxyl groups is 1. The second-order valence-corrected chi connectivity index (χ2v) is 8.37. The fourth-order valence-corrected chi connectivity index (χ4v) is 4.85. The number of H-pyrrole nitrogens is 1. The number of hydrogen-bond acceptors (Lipinski definition) is 5. The van der Waals surface area contributed by atoms with Crippen LogP contribution in [0.2, 0.25) is 0 Å². The van der Waals surface area contributed by atoms with Crippen molar-refractivity contribution in [3.63, 3.8) is 0 Å². The Morgan fingerprint density at radius 3 is 2.68 bits per heavy atom. The van der Waals surface area contributed by atoms with E-state index in [2.05, 4.69) is 4.98 Å². The van der Waals surface area contributed by atoms with E-state index < -0.39 is 17.7 Å². The van der Waals surface area contributed by atoms with Crippen LogP contribution in [0.15, 0.2) is 78.5 Å². The Morgan fingerprint density at radius 1 is 1.03 bits per heavy atom. The van der Waals surface area contributed by atoms with Crippen LogP contribution >= 0.6 is 0 Å². The molecule has 0 radical (unpaired) electrons. The van der Waals surface area contributed by atoms with E-state index in [1.165, 1.54) is 11.0 Å². The standard InChI is InChI=1S/C27H20N2O5/c30-21-8-4-3-7-20(21)29-24(18-14-28-19-6-2-1-5-17(18)19)23(26(32)27(29)33)25(31)16-9-10-22-15(13-16)11-12-34-22/h1-10,13-14,24,28,30-31H,11-12H2/b25-23+. The number of aliphatic hydroxyl groups is 1. The van der Waals surface area contributed by atoms with Crippen molar-refractivity contribution in [1.82, 2.24) is 4.98 Å². The largest absolute Gasteiger partial charge is 0.507 e. The number of carbonyl (C=O) groups is 2. The Bertz CT molecular complexity index is 1520. The molecule has 2 aliphatic rings. The van der Waals surface area contributed by atoms with E-state index in [1.54, 1.807) is 42.6 Å². The summed E-state index contributed by atoms with van der Waals surface area (Å²) in [4.78, 5) is 31.1. The number of aliphatic hydroxyl groups excluding tert-OH is 1. The maximum absolute atomic E-state index is 13.4. The number of rotatable bonds is 3.